The fourth-order valence-electron chi connectivity index (χ4n) is 1.98. The van der Waals surface area contributed by atoms with Crippen LogP contribution in [0.15, 0.2) is 41.0 Å². The maximum absolute atomic E-state index is 12.1. The average Bonchev–Trinajstić information content (AvgIpc) is 2.94. The Morgan fingerprint density at radius 1 is 1.29 bits per heavy atom. The largest absolute Gasteiger partial charge is 0.467 e. The van der Waals surface area contributed by atoms with E-state index in [-0.39, 0.29) is 11.7 Å². The molecule has 0 saturated heterocycles. The number of hydrogen-bond acceptors (Lipinski definition) is 3. The van der Waals surface area contributed by atoms with Crippen molar-refractivity contribution in [3.05, 3.63) is 59.0 Å². The predicted molar refractivity (Wildman–Crippen MR) is 83.2 cm³/mol. The summed E-state index contributed by atoms with van der Waals surface area (Å²) in [7, 11) is -1.21. The second-order valence-corrected chi connectivity index (χ2v) is 6.47. The van der Waals surface area contributed by atoms with Crippen LogP contribution >= 0.6 is 0 Å². The molecule has 1 atom stereocenters. The molecule has 0 unspecified atom stereocenters. The van der Waals surface area contributed by atoms with E-state index in [4.69, 9.17) is 4.42 Å². The highest BCUT2D eigenvalue weighted by Gasteiger charge is 2.10. The molecule has 5 heteroatoms. The Bertz CT molecular complexity index is 635. The highest BCUT2D eigenvalue weighted by Crippen LogP contribution is 2.13. The molecule has 0 aliphatic rings. The minimum Gasteiger partial charge on any atom is -0.467 e. The fraction of sp³-hybridized carbons (Fsp3) is 0.312. The number of amides is 1. The van der Waals surface area contributed by atoms with Gasteiger partial charge in [-0.25, -0.2) is 0 Å². The van der Waals surface area contributed by atoms with E-state index in [0.29, 0.717) is 18.1 Å². The summed E-state index contributed by atoms with van der Waals surface area (Å²) in [6, 6.07) is 9.61. The smallest absolute Gasteiger partial charge is 0.233 e. The minimum atomic E-state index is -1.21. The van der Waals surface area contributed by atoms with Crippen LogP contribution in [0.1, 0.15) is 22.5 Å². The lowest BCUT2D eigenvalue weighted by atomic mass is 10.1. The van der Waals surface area contributed by atoms with E-state index in [9.17, 15) is 9.00 Å². The van der Waals surface area contributed by atoms with Crippen LogP contribution in [0.4, 0.5) is 0 Å². The van der Waals surface area contributed by atoms with Gasteiger partial charge < -0.3 is 9.73 Å². The zero-order valence-corrected chi connectivity index (χ0v) is 13.0. The van der Waals surface area contributed by atoms with Crippen molar-refractivity contribution in [2.24, 2.45) is 0 Å². The summed E-state index contributed by atoms with van der Waals surface area (Å²) in [5.74, 6) is 0.870. The van der Waals surface area contributed by atoms with Gasteiger partial charge >= 0.3 is 0 Å². The van der Waals surface area contributed by atoms with Crippen molar-refractivity contribution in [3.63, 3.8) is 0 Å². The summed E-state index contributed by atoms with van der Waals surface area (Å²) >= 11 is 0. The summed E-state index contributed by atoms with van der Waals surface area (Å²) in [5, 5.41) is 2.70. The monoisotopic (exact) mass is 305 g/mol. The third kappa shape index (κ3) is 4.86. The molecule has 2 aromatic rings. The third-order valence-electron chi connectivity index (χ3n) is 3.15. The Balaban J connectivity index is 1.83. The van der Waals surface area contributed by atoms with Gasteiger partial charge in [-0.15, -0.1) is 0 Å². The maximum atomic E-state index is 12.1. The molecule has 4 nitrogen and oxygen atoms in total. The summed E-state index contributed by atoms with van der Waals surface area (Å²) in [6.45, 7) is 4.32. The summed E-state index contributed by atoms with van der Waals surface area (Å²) < 4.78 is 17.2. The van der Waals surface area contributed by atoms with E-state index >= 15 is 0 Å². The minimum absolute atomic E-state index is 0.00803. The molecule has 1 heterocycles. The lowest BCUT2D eigenvalue weighted by molar-refractivity contribution is -0.118. The van der Waals surface area contributed by atoms with Crippen LogP contribution in [0.3, 0.4) is 0 Å². The van der Waals surface area contributed by atoms with Crippen molar-refractivity contribution in [2.45, 2.75) is 26.1 Å². The summed E-state index contributed by atoms with van der Waals surface area (Å²) in [5.41, 5.74) is 3.27. The number of aryl methyl sites for hydroxylation is 2. The molecule has 0 bridgehead atoms. The number of carbonyl (C=O) groups is 1. The molecular weight excluding hydrogens is 286 g/mol. The normalized spacial score (nSPS) is 12.1. The second-order valence-electron chi connectivity index (χ2n) is 5.01. The van der Waals surface area contributed by atoms with Gasteiger partial charge in [0.15, 0.2) is 0 Å². The first-order valence-corrected chi connectivity index (χ1v) is 8.23. The Hall–Kier alpha value is -1.88. The maximum Gasteiger partial charge on any atom is 0.233 e. The number of furan rings is 1. The first kappa shape index (κ1) is 15.5. The molecule has 0 aliphatic heterocycles. The summed E-state index contributed by atoms with van der Waals surface area (Å²) in [4.78, 5) is 11.7. The SMILES string of the molecule is Cc1ccc(C)c(C[S@@](=O)CC(=O)NCc2ccco2)c1. The van der Waals surface area contributed by atoms with Crippen LogP contribution in [0.5, 0.6) is 0 Å². The number of rotatable bonds is 6. The van der Waals surface area contributed by atoms with Gasteiger partial charge in [0.1, 0.15) is 11.5 Å². The first-order valence-electron chi connectivity index (χ1n) is 6.75. The molecule has 1 N–H and O–H groups in total. The van der Waals surface area contributed by atoms with Crippen LogP contribution in [-0.2, 0) is 27.9 Å². The standard InChI is InChI=1S/C16H19NO3S/c1-12-5-6-13(2)14(8-12)10-21(19)11-16(18)17-9-15-4-3-7-20-15/h3-8H,9-11H2,1-2H3,(H,17,18)/t21-/m1/s1. The average molecular weight is 305 g/mol. The Kier molecular flexibility index (Phi) is 5.33. The Labute approximate surface area is 127 Å². The second kappa shape index (κ2) is 7.22. The number of carbonyl (C=O) groups excluding carboxylic acids is 1. The van der Waals surface area contributed by atoms with Gasteiger partial charge in [0.05, 0.1) is 12.8 Å². The quantitative estimate of drug-likeness (QED) is 0.892. The number of hydrogen-bond donors (Lipinski definition) is 1. The Morgan fingerprint density at radius 3 is 2.81 bits per heavy atom. The number of benzene rings is 1. The van der Waals surface area contributed by atoms with Gasteiger partial charge in [-0.1, -0.05) is 23.8 Å². The van der Waals surface area contributed by atoms with E-state index in [2.05, 4.69) is 5.32 Å². The van der Waals surface area contributed by atoms with E-state index < -0.39 is 10.8 Å². The van der Waals surface area contributed by atoms with Gasteiger partial charge in [-0.05, 0) is 37.1 Å². The van der Waals surface area contributed by atoms with Gasteiger partial charge in [0.2, 0.25) is 5.91 Å². The van der Waals surface area contributed by atoms with Crippen molar-refractivity contribution in [2.75, 3.05) is 5.75 Å². The van der Waals surface area contributed by atoms with E-state index in [0.717, 1.165) is 16.7 Å². The van der Waals surface area contributed by atoms with Crippen molar-refractivity contribution >= 4 is 16.7 Å². The highest BCUT2D eigenvalue weighted by atomic mass is 32.2. The van der Waals surface area contributed by atoms with Crippen molar-refractivity contribution in [1.29, 1.82) is 0 Å². The van der Waals surface area contributed by atoms with Crippen LogP contribution in [-0.4, -0.2) is 15.9 Å². The third-order valence-corrected chi connectivity index (χ3v) is 4.37. The molecule has 1 aromatic carbocycles. The molecular formula is C16H19NO3S. The first-order chi connectivity index (χ1) is 10.0. The van der Waals surface area contributed by atoms with Crippen LogP contribution in [0.25, 0.3) is 0 Å². The van der Waals surface area contributed by atoms with E-state index in [1.165, 1.54) is 0 Å². The van der Waals surface area contributed by atoms with Gasteiger partial charge in [-0.2, -0.15) is 0 Å². The molecule has 0 saturated carbocycles. The zero-order valence-electron chi connectivity index (χ0n) is 12.2. The topological polar surface area (TPSA) is 59.3 Å². The van der Waals surface area contributed by atoms with Gasteiger partial charge in [0.25, 0.3) is 0 Å². The predicted octanol–water partition coefficient (Wildman–Crippen LogP) is 2.46. The lowest BCUT2D eigenvalue weighted by Gasteiger charge is -2.07. The van der Waals surface area contributed by atoms with Crippen molar-refractivity contribution in [3.8, 4) is 0 Å². The molecule has 21 heavy (non-hydrogen) atoms. The van der Waals surface area contributed by atoms with Crippen LogP contribution in [0.2, 0.25) is 0 Å². The Morgan fingerprint density at radius 2 is 2.10 bits per heavy atom. The molecule has 0 spiro atoms. The molecule has 1 amide bonds. The molecule has 2 rings (SSSR count). The highest BCUT2D eigenvalue weighted by molar-refractivity contribution is 7.84. The van der Waals surface area contributed by atoms with Gasteiger partial charge in [-0.3, -0.25) is 9.00 Å². The molecule has 0 aliphatic carbocycles. The lowest BCUT2D eigenvalue weighted by Crippen LogP contribution is -2.28. The molecule has 0 fully saturated rings. The molecule has 0 radical (unpaired) electrons. The number of nitrogens with one attached hydrogen (secondary N) is 1. The van der Waals surface area contributed by atoms with E-state index in [1.54, 1.807) is 18.4 Å². The van der Waals surface area contributed by atoms with Crippen LogP contribution < -0.4 is 5.32 Å². The van der Waals surface area contributed by atoms with Crippen LogP contribution in [0, 0.1) is 13.8 Å². The van der Waals surface area contributed by atoms with E-state index in [1.807, 2.05) is 32.0 Å². The molecule has 112 valence electrons. The van der Waals surface area contributed by atoms with Crippen molar-refractivity contribution in [1.82, 2.24) is 5.32 Å². The van der Waals surface area contributed by atoms with Crippen molar-refractivity contribution < 1.29 is 13.4 Å². The zero-order chi connectivity index (χ0) is 15.2. The summed E-state index contributed by atoms with van der Waals surface area (Å²) in [6.07, 6.45) is 1.56. The fourth-order valence-corrected chi connectivity index (χ4v) is 3.13. The van der Waals surface area contributed by atoms with Gasteiger partial charge in [0, 0.05) is 16.6 Å². The molecule has 1 aromatic heterocycles.